The molecule has 0 unspecified atom stereocenters. The van der Waals surface area contributed by atoms with Crippen LogP contribution in [0.5, 0.6) is 0 Å². The first-order valence-corrected chi connectivity index (χ1v) is 7.01. The fraction of sp³-hybridized carbons (Fsp3) is 0.600. The van der Waals surface area contributed by atoms with E-state index in [0.717, 1.165) is 24.5 Å². The Morgan fingerprint density at radius 2 is 2.10 bits per heavy atom. The molecule has 0 spiro atoms. The average molecular weight is 277 g/mol. The Labute approximate surface area is 120 Å². The second-order valence-electron chi connectivity index (χ2n) is 6.12. The molecule has 1 aromatic rings. The van der Waals surface area contributed by atoms with Gasteiger partial charge in [0, 0.05) is 36.1 Å². The summed E-state index contributed by atoms with van der Waals surface area (Å²) in [5, 5.41) is 2.94. The molecule has 0 aromatic carbocycles. The molecule has 2 rings (SSSR count). The Bertz CT molecular complexity index is 462. The largest absolute Gasteiger partial charge is 0.379 e. The van der Waals surface area contributed by atoms with Crippen molar-refractivity contribution in [1.29, 1.82) is 0 Å². The zero-order valence-electron chi connectivity index (χ0n) is 12.5. The number of anilines is 1. The predicted octanol–water partition coefficient (Wildman–Crippen LogP) is 1.65. The molecule has 5 heteroatoms. The van der Waals surface area contributed by atoms with Crippen molar-refractivity contribution >= 4 is 11.6 Å². The van der Waals surface area contributed by atoms with Crippen LogP contribution in [0.3, 0.4) is 0 Å². The van der Waals surface area contributed by atoms with Gasteiger partial charge in [0.1, 0.15) is 0 Å². The van der Waals surface area contributed by atoms with Crippen molar-refractivity contribution in [3.8, 4) is 0 Å². The van der Waals surface area contributed by atoms with Gasteiger partial charge >= 0.3 is 0 Å². The first kappa shape index (κ1) is 14.9. The molecule has 1 N–H and O–H groups in total. The van der Waals surface area contributed by atoms with E-state index < -0.39 is 0 Å². The molecule has 1 fully saturated rings. The first-order chi connectivity index (χ1) is 9.45. The van der Waals surface area contributed by atoms with E-state index in [2.05, 4.69) is 36.0 Å². The molecule has 0 atom stereocenters. The van der Waals surface area contributed by atoms with Gasteiger partial charge in [-0.1, -0.05) is 20.8 Å². The van der Waals surface area contributed by atoms with Crippen LogP contribution in [0.15, 0.2) is 18.3 Å². The summed E-state index contributed by atoms with van der Waals surface area (Å²) in [5.41, 5.74) is 1.76. The molecule has 0 radical (unpaired) electrons. The van der Waals surface area contributed by atoms with Gasteiger partial charge in [-0.05, 0) is 12.1 Å². The lowest BCUT2D eigenvalue weighted by Crippen LogP contribution is -2.41. The smallest absolute Gasteiger partial charge is 0.238 e. The van der Waals surface area contributed by atoms with Gasteiger partial charge in [-0.25, -0.2) is 0 Å². The third-order valence-corrected chi connectivity index (χ3v) is 3.28. The predicted molar refractivity (Wildman–Crippen MR) is 78.8 cm³/mol. The topological polar surface area (TPSA) is 54.5 Å². The lowest BCUT2D eigenvalue weighted by atomic mass is 9.91. The van der Waals surface area contributed by atoms with Gasteiger partial charge < -0.3 is 10.1 Å². The van der Waals surface area contributed by atoms with E-state index in [0.29, 0.717) is 19.8 Å². The van der Waals surface area contributed by atoms with Crippen molar-refractivity contribution in [2.75, 3.05) is 38.2 Å². The Hall–Kier alpha value is -1.46. The van der Waals surface area contributed by atoms with E-state index in [1.54, 1.807) is 6.20 Å². The maximum absolute atomic E-state index is 12.0. The molecule has 5 nitrogen and oxygen atoms in total. The van der Waals surface area contributed by atoms with Gasteiger partial charge in [0.2, 0.25) is 5.91 Å². The van der Waals surface area contributed by atoms with E-state index in [9.17, 15) is 4.79 Å². The molecule has 0 aliphatic carbocycles. The van der Waals surface area contributed by atoms with E-state index in [1.807, 2.05) is 12.1 Å². The highest BCUT2D eigenvalue weighted by molar-refractivity contribution is 5.92. The van der Waals surface area contributed by atoms with E-state index >= 15 is 0 Å². The Balaban J connectivity index is 1.93. The molecule has 1 amide bonds. The van der Waals surface area contributed by atoms with Crippen molar-refractivity contribution in [2.24, 2.45) is 0 Å². The molecule has 110 valence electrons. The molecule has 1 aliphatic heterocycles. The van der Waals surface area contributed by atoms with Gasteiger partial charge in [0.05, 0.1) is 19.8 Å². The highest BCUT2D eigenvalue weighted by Gasteiger charge is 2.17. The lowest BCUT2D eigenvalue weighted by molar-refractivity contribution is -0.118. The molecular weight excluding hydrogens is 254 g/mol. The third-order valence-electron chi connectivity index (χ3n) is 3.28. The number of pyridine rings is 1. The van der Waals surface area contributed by atoms with E-state index in [-0.39, 0.29) is 11.3 Å². The maximum atomic E-state index is 12.0. The van der Waals surface area contributed by atoms with E-state index in [1.165, 1.54) is 0 Å². The third kappa shape index (κ3) is 4.28. The summed E-state index contributed by atoms with van der Waals surface area (Å²) in [6.07, 6.45) is 1.74. The molecule has 2 heterocycles. The Morgan fingerprint density at radius 3 is 2.75 bits per heavy atom. The second kappa shape index (κ2) is 6.33. The van der Waals surface area contributed by atoms with Gasteiger partial charge in [0.25, 0.3) is 0 Å². The number of amides is 1. The van der Waals surface area contributed by atoms with Gasteiger partial charge in [0.15, 0.2) is 0 Å². The standard InChI is InChI=1S/C15H23N3O2/c1-15(2,3)13-10-12(4-5-16-13)17-14(19)11-18-6-8-20-9-7-18/h4-5,10H,6-9,11H2,1-3H3,(H,16,17,19). The van der Waals surface area contributed by atoms with Crippen molar-refractivity contribution in [1.82, 2.24) is 9.88 Å². The highest BCUT2D eigenvalue weighted by Crippen LogP contribution is 2.22. The number of hydrogen-bond donors (Lipinski definition) is 1. The van der Waals surface area contributed by atoms with Crippen molar-refractivity contribution in [3.63, 3.8) is 0 Å². The van der Waals surface area contributed by atoms with Crippen LogP contribution < -0.4 is 5.32 Å². The lowest BCUT2D eigenvalue weighted by Gasteiger charge is -2.26. The van der Waals surface area contributed by atoms with Crippen LogP contribution in [0, 0.1) is 0 Å². The normalized spacial score (nSPS) is 16.9. The van der Waals surface area contributed by atoms with E-state index in [4.69, 9.17) is 4.74 Å². The minimum absolute atomic E-state index is 0.0120. The van der Waals surface area contributed by atoms with Crippen LogP contribution in [-0.2, 0) is 14.9 Å². The van der Waals surface area contributed by atoms with Crippen LogP contribution in [0.2, 0.25) is 0 Å². The van der Waals surface area contributed by atoms with Gasteiger partial charge in [-0.3, -0.25) is 14.7 Å². The molecule has 20 heavy (non-hydrogen) atoms. The Kier molecular flexibility index (Phi) is 4.73. The van der Waals surface area contributed by atoms with Crippen LogP contribution in [-0.4, -0.2) is 48.6 Å². The number of carbonyl (C=O) groups excluding carboxylic acids is 1. The highest BCUT2D eigenvalue weighted by atomic mass is 16.5. The summed E-state index contributed by atoms with van der Waals surface area (Å²) in [4.78, 5) is 18.5. The minimum Gasteiger partial charge on any atom is -0.379 e. The number of nitrogens with zero attached hydrogens (tertiary/aromatic N) is 2. The summed E-state index contributed by atoms with van der Waals surface area (Å²) >= 11 is 0. The van der Waals surface area contributed by atoms with Crippen LogP contribution in [0.25, 0.3) is 0 Å². The summed E-state index contributed by atoms with van der Waals surface area (Å²) in [6.45, 7) is 9.77. The number of ether oxygens (including phenoxy) is 1. The van der Waals surface area contributed by atoms with Crippen molar-refractivity contribution in [2.45, 2.75) is 26.2 Å². The Morgan fingerprint density at radius 1 is 1.40 bits per heavy atom. The molecular formula is C15H23N3O2. The van der Waals surface area contributed by atoms with Gasteiger partial charge in [-0.2, -0.15) is 0 Å². The van der Waals surface area contributed by atoms with Crippen LogP contribution in [0.1, 0.15) is 26.5 Å². The number of aromatic nitrogens is 1. The molecule has 0 bridgehead atoms. The number of rotatable bonds is 3. The first-order valence-electron chi connectivity index (χ1n) is 7.01. The monoisotopic (exact) mass is 277 g/mol. The zero-order chi connectivity index (χ0) is 14.6. The molecule has 0 saturated carbocycles. The summed E-state index contributed by atoms with van der Waals surface area (Å²) in [7, 11) is 0. The second-order valence-corrected chi connectivity index (χ2v) is 6.12. The number of hydrogen-bond acceptors (Lipinski definition) is 4. The minimum atomic E-state index is -0.0229. The number of morpholine rings is 1. The van der Waals surface area contributed by atoms with Crippen LogP contribution >= 0.6 is 0 Å². The fourth-order valence-electron chi connectivity index (χ4n) is 2.08. The van der Waals surface area contributed by atoms with Crippen LogP contribution in [0.4, 0.5) is 5.69 Å². The SMILES string of the molecule is CC(C)(C)c1cc(NC(=O)CN2CCOCC2)ccn1. The zero-order valence-corrected chi connectivity index (χ0v) is 12.5. The summed E-state index contributed by atoms with van der Waals surface area (Å²) < 4.78 is 5.27. The van der Waals surface area contributed by atoms with Crippen molar-refractivity contribution in [3.05, 3.63) is 24.0 Å². The maximum Gasteiger partial charge on any atom is 0.238 e. The summed E-state index contributed by atoms with van der Waals surface area (Å²) in [5.74, 6) is 0.0120. The summed E-state index contributed by atoms with van der Waals surface area (Å²) in [6, 6.07) is 3.77. The fourth-order valence-corrected chi connectivity index (χ4v) is 2.08. The molecule has 1 aliphatic rings. The average Bonchev–Trinajstić information content (AvgIpc) is 2.39. The number of carbonyl (C=O) groups is 1. The quantitative estimate of drug-likeness (QED) is 0.913. The van der Waals surface area contributed by atoms with Gasteiger partial charge in [-0.15, -0.1) is 0 Å². The molecule has 1 saturated heterocycles. The number of nitrogens with one attached hydrogen (secondary N) is 1. The van der Waals surface area contributed by atoms with Crippen molar-refractivity contribution < 1.29 is 9.53 Å². The molecule has 1 aromatic heterocycles.